The molecule has 0 unspecified atom stereocenters. The number of methoxy groups -OCH3 is 1. The van der Waals surface area contributed by atoms with Crippen molar-refractivity contribution < 1.29 is 9.53 Å². The topological polar surface area (TPSA) is 58.6 Å². The minimum Gasteiger partial charge on any atom is -0.378 e. The third-order valence-electron chi connectivity index (χ3n) is 5.21. The van der Waals surface area contributed by atoms with Crippen LogP contribution < -0.4 is 0 Å². The van der Waals surface area contributed by atoms with E-state index in [9.17, 15) is 4.79 Å². The number of amides is 1. The van der Waals surface area contributed by atoms with E-state index in [2.05, 4.69) is 28.7 Å². The van der Waals surface area contributed by atoms with Crippen molar-refractivity contribution in [3.63, 3.8) is 0 Å². The average Bonchev–Trinajstić information content (AvgIpc) is 2.55. The molecule has 3 heterocycles. The maximum Gasteiger partial charge on any atom is 0.274 e. The van der Waals surface area contributed by atoms with Crippen molar-refractivity contribution in [2.45, 2.75) is 44.9 Å². The zero-order valence-electron chi connectivity index (χ0n) is 14.2. The predicted octanol–water partition coefficient (Wildman–Crippen LogP) is 1.44. The number of rotatable bonds is 4. The number of piperidine rings is 1. The zero-order valence-corrected chi connectivity index (χ0v) is 14.2. The second-order valence-corrected chi connectivity index (χ2v) is 6.78. The molecule has 0 spiro atoms. The van der Waals surface area contributed by atoms with E-state index in [-0.39, 0.29) is 5.91 Å². The van der Waals surface area contributed by atoms with Crippen LogP contribution in [0.2, 0.25) is 0 Å². The highest BCUT2D eigenvalue weighted by molar-refractivity contribution is 5.92. The fourth-order valence-electron chi connectivity index (χ4n) is 3.87. The lowest BCUT2D eigenvalue weighted by Gasteiger charge is -2.54. The van der Waals surface area contributed by atoms with Gasteiger partial charge in [-0.2, -0.15) is 0 Å². The Morgan fingerprint density at radius 1 is 1.30 bits per heavy atom. The molecule has 1 aromatic rings. The standard InChI is InChI=1S/C17H26N4O2/c1-12(2)21-11-15(23-3)16(21)13-4-8-20(9-5-13)17(22)14-10-18-6-7-19-14/h6-7,10,12-13,15-16H,4-5,8-9,11H2,1-3H3/t15-,16-/m0/s1. The number of carbonyl (C=O) groups is 1. The molecule has 0 radical (unpaired) electrons. The highest BCUT2D eigenvalue weighted by Gasteiger charge is 2.45. The normalized spacial score (nSPS) is 26.3. The van der Waals surface area contributed by atoms with Crippen LogP contribution in [0, 0.1) is 5.92 Å². The molecule has 1 aromatic heterocycles. The molecule has 126 valence electrons. The first-order valence-electron chi connectivity index (χ1n) is 8.45. The molecule has 0 aliphatic carbocycles. The monoisotopic (exact) mass is 318 g/mol. The van der Waals surface area contributed by atoms with Gasteiger partial charge < -0.3 is 9.64 Å². The molecule has 2 aliphatic heterocycles. The highest BCUT2D eigenvalue weighted by atomic mass is 16.5. The number of hydrogen-bond acceptors (Lipinski definition) is 5. The van der Waals surface area contributed by atoms with Crippen LogP contribution >= 0.6 is 0 Å². The van der Waals surface area contributed by atoms with Gasteiger partial charge >= 0.3 is 0 Å². The third-order valence-corrected chi connectivity index (χ3v) is 5.21. The minimum absolute atomic E-state index is 0.00540. The lowest BCUT2D eigenvalue weighted by atomic mass is 9.79. The first-order chi connectivity index (χ1) is 11.1. The van der Waals surface area contributed by atoms with E-state index in [0.717, 1.165) is 32.5 Å². The Labute approximate surface area is 137 Å². The molecule has 1 amide bonds. The Morgan fingerprint density at radius 2 is 2.04 bits per heavy atom. The van der Waals surface area contributed by atoms with Crippen LogP contribution in [0.25, 0.3) is 0 Å². The van der Waals surface area contributed by atoms with E-state index in [0.29, 0.717) is 29.8 Å². The van der Waals surface area contributed by atoms with Gasteiger partial charge in [0.25, 0.3) is 5.91 Å². The summed E-state index contributed by atoms with van der Waals surface area (Å²) in [4.78, 5) is 25.0. The first kappa shape index (κ1) is 16.3. The van der Waals surface area contributed by atoms with Gasteiger partial charge in [-0.25, -0.2) is 4.98 Å². The fraction of sp³-hybridized carbons (Fsp3) is 0.706. The molecule has 6 nitrogen and oxygen atoms in total. The lowest BCUT2D eigenvalue weighted by Crippen LogP contribution is -2.66. The maximum absolute atomic E-state index is 12.4. The number of likely N-dealkylation sites (tertiary alicyclic amines) is 2. The number of hydrogen-bond donors (Lipinski definition) is 0. The number of ether oxygens (including phenoxy) is 1. The molecule has 0 saturated carbocycles. The molecule has 0 N–H and O–H groups in total. The van der Waals surface area contributed by atoms with E-state index in [4.69, 9.17) is 4.74 Å². The van der Waals surface area contributed by atoms with Crippen LogP contribution in [0.15, 0.2) is 18.6 Å². The summed E-state index contributed by atoms with van der Waals surface area (Å²) in [5.41, 5.74) is 0.438. The van der Waals surface area contributed by atoms with Crippen LogP contribution in [0.4, 0.5) is 0 Å². The Balaban J connectivity index is 1.59. The van der Waals surface area contributed by atoms with Crippen molar-refractivity contribution in [3.8, 4) is 0 Å². The molecular weight excluding hydrogens is 292 g/mol. The van der Waals surface area contributed by atoms with E-state index in [1.54, 1.807) is 18.6 Å². The Kier molecular flexibility index (Phi) is 4.92. The van der Waals surface area contributed by atoms with Gasteiger partial charge in [-0.1, -0.05) is 0 Å². The smallest absolute Gasteiger partial charge is 0.274 e. The summed E-state index contributed by atoms with van der Waals surface area (Å²) in [5.74, 6) is 0.594. The van der Waals surface area contributed by atoms with Crippen LogP contribution in [0.1, 0.15) is 37.2 Å². The summed E-state index contributed by atoms with van der Waals surface area (Å²) in [7, 11) is 1.81. The molecule has 2 atom stereocenters. The molecule has 2 fully saturated rings. The molecule has 0 bridgehead atoms. The van der Waals surface area contributed by atoms with Gasteiger partial charge in [-0.15, -0.1) is 0 Å². The predicted molar refractivity (Wildman–Crippen MR) is 87.1 cm³/mol. The van der Waals surface area contributed by atoms with Gasteiger partial charge in [0, 0.05) is 51.2 Å². The van der Waals surface area contributed by atoms with Gasteiger partial charge in [0.15, 0.2) is 0 Å². The van der Waals surface area contributed by atoms with Crippen LogP contribution in [0.3, 0.4) is 0 Å². The minimum atomic E-state index is -0.00540. The SMILES string of the molecule is CO[C@H]1CN(C(C)C)[C@H]1C1CCN(C(=O)c2cnccn2)CC1. The average molecular weight is 318 g/mol. The van der Waals surface area contributed by atoms with E-state index < -0.39 is 0 Å². The largest absolute Gasteiger partial charge is 0.378 e. The molecule has 6 heteroatoms. The number of carbonyl (C=O) groups excluding carboxylic acids is 1. The second kappa shape index (κ2) is 6.93. The highest BCUT2D eigenvalue weighted by Crippen LogP contribution is 2.35. The Bertz CT molecular complexity index is 529. The van der Waals surface area contributed by atoms with Gasteiger partial charge in [0.05, 0.1) is 12.3 Å². The summed E-state index contributed by atoms with van der Waals surface area (Å²) >= 11 is 0. The third kappa shape index (κ3) is 3.23. The van der Waals surface area contributed by atoms with E-state index in [1.165, 1.54) is 0 Å². The van der Waals surface area contributed by atoms with Crippen LogP contribution in [0.5, 0.6) is 0 Å². The zero-order chi connectivity index (χ0) is 16.4. The number of aromatic nitrogens is 2. The summed E-state index contributed by atoms with van der Waals surface area (Å²) in [5, 5.41) is 0. The van der Waals surface area contributed by atoms with Crippen molar-refractivity contribution >= 4 is 5.91 Å². The molecule has 3 rings (SSSR count). The van der Waals surface area contributed by atoms with Gasteiger partial charge in [-0.05, 0) is 32.6 Å². The van der Waals surface area contributed by atoms with Crippen molar-refractivity contribution in [3.05, 3.63) is 24.3 Å². The summed E-state index contributed by atoms with van der Waals surface area (Å²) < 4.78 is 5.64. The fourth-order valence-corrected chi connectivity index (χ4v) is 3.87. The lowest BCUT2D eigenvalue weighted by molar-refractivity contribution is -0.128. The molecular formula is C17H26N4O2. The van der Waals surface area contributed by atoms with Gasteiger partial charge in [0.1, 0.15) is 5.69 Å². The van der Waals surface area contributed by atoms with Crippen molar-refractivity contribution in [1.82, 2.24) is 19.8 Å². The molecule has 2 saturated heterocycles. The Hall–Kier alpha value is -1.53. The van der Waals surface area contributed by atoms with Crippen LogP contribution in [-0.2, 0) is 4.74 Å². The Morgan fingerprint density at radius 3 is 2.61 bits per heavy atom. The molecule has 23 heavy (non-hydrogen) atoms. The summed E-state index contributed by atoms with van der Waals surface area (Å²) in [6.07, 6.45) is 7.09. The van der Waals surface area contributed by atoms with Crippen molar-refractivity contribution in [2.75, 3.05) is 26.7 Å². The van der Waals surface area contributed by atoms with E-state index in [1.807, 2.05) is 12.0 Å². The second-order valence-electron chi connectivity index (χ2n) is 6.78. The quantitative estimate of drug-likeness (QED) is 0.841. The van der Waals surface area contributed by atoms with Crippen molar-refractivity contribution in [1.29, 1.82) is 0 Å². The summed E-state index contributed by atoms with van der Waals surface area (Å²) in [6, 6.07) is 1.04. The van der Waals surface area contributed by atoms with Crippen molar-refractivity contribution in [2.24, 2.45) is 5.92 Å². The first-order valence-corrected chi connectivity index (χ1v) is 8.45. The van der Waals surface area contributed by atoms with Crippen LogP contribution in [-0.4, -0.2) is 70.6 Å². The van der Waals surface area contributed by atoms with E-state index >= 15 is 0 Å². The molecule has 2 aliphatic rings. The maximum atomic E-state index is 12.4. The van der Waals surface area contributed by atoms with Gasteiger partial charge in [-0.3, -0.25) is 14.7 Å². The van der Waals surface area contributed by atoms with Gasteiger partial charge in [0.2, 0.25) is 0 Å². The number of nitrogens with zero attached hydrogens (tertiary/aromatic N) is 4. The summed E-state index contributed by atoms with van der Waals surface area (Å²) in [6.45, 7) is 7.09. The molecule has 0 aromatic carbocycles.